The summed E-state index contributed by atoms with van der Waals surface area (Å²) in [6.45, 7) is 8.93. The van der Waals surface area contributed by atoms with E-state index in [1.54, 1.807) is 19.5 Å². The lowest BCUT2D eigenvalue weighted by atomic mass is 9.44. The Kier molecular flexibility index (Phi) is 4.23. The summed E-state index contributed by atoms with van der Waals surface area (Å²) in [5.74, 6) is -1.77. The Bertz CT molecular complexity index is 1260. The van der Waals surface area contributed by atoms with Crippen molar-refractivity contribution in [2.24, 2.45) is 28.1 Å². The molecular weight excluding hydrogens is 480 g/mol. The maximum absolute atomic E-state index is 13.4. The van der Waals surface area contributed by atoms with Gasteiger partial charge in [0.05, 0.1) is 30.5 Å². The Labute approximate surface area is 214 Å². The van der Waals surface area contributed by atoms with Crippen LogP contribution in [-0.4, -0.2) is 58.9 Å². The van der Waals surface area contributed by atoms with Crippen molar-refractivity contribution in [1.29, 1.82) is 0 Å². The summed E-state index contributed by atoms with van der Waals surface area (Å²) in [4.78, 5) is 38.5. The number of rotatable bonds is 2. The van der Waals surface area contributed by atoms with E-state index in [-0.39, 0.29) is 36.8 Å². The van der Waals surface area contributed by atoms with Crippen LogP contribution in [0.1, 0.15) is 58.9 Å². The molecule has 6 aliphatic rings. The van der Waals surface area contributed by atoms with Crippen molar-refractivity contribution in [2.75, 3.05) is 6.61 Å². The molecule has 11 atom stereocenters. The third-order valence-electron chi connectivity index (χ3n) is 11.2. The topological polar surface area (TPSA) is 125 Å². The Morgan fingerprint density at radius 1 is 1.19 bits per heavy atom. The maximum Gasteiger partial charge on any atom is 0.306 e. The van der Waals surface area contributed by atoms with Gasteiger partial charge < -0.3 is 28.5 Å². The fourth-order valence-electron chi connectivity index (χ4n) is 9.63. The second kappa shape index (κ2) is 6.67. The van der Waals surface area contributed by atoms with Gasteiger partial charge in [0.2, 0.25) is 0 Å². The molecule has 0 bridgehead atoms. The number of aliphatic hydroxyl groups is 1. The summed E-state index contributed by atoms with van der Waals surface area (Å²) in [5, 5.41) is 12.7. The number of epoxide rings is 1. The van der Waals surface area contributed by atoms with Crippen LogP contribution in [0, 0.1) is 28.1 Å². The van der Waals surface area contributed by atoms with Crippen LogP contribution < -0.4 is 0 Å². The molecule has 1 aromatic rings. The molecule has 5 fully saturated rings. The zero-order chi connectivity index (χ0) is 26.3. The first-order valence-electron chi connectivity index (χ1n) is 13.0. The highest BCUT2D eigenvalue weighted by atomic mass is 16.6. The normalized spacial score (nSPS) is 53.0. The Balaban J connectivity index is 1.44. The molecule has 0 unspecified atom stereocenters. The zero-order valence-corrected chi connectivity index (χ0v) is 21.6. The van der Waals surface area contributed by atoms with Crippen LogP contribution in [0.2, 0.25) is 0 Å². The molecule has 9 nitrogen and oxygen atoms in total. The maximum atomic E-state index is 13.4. The van der Waals surface area contributed by atoms with E-state index in [0.717, 1.165) is 5.56 Å². The van der Waals surface area contributed by atoms with Crippen LogP contribution in [0.3, 0.4) is 0 Å². The molecule has 198 valence electrons. The molecule has 3 aliphatic heterocycles. The standard InChI is InChI=1S/C28H32O9/c1-13(29)35-23-21-22(25(3)16-9-20(31)34-12-24(16,2)17(30)10-18(25)36-21)27(5,32)28-19(37-28)8-15(26(23,28)4)14-6-7-33-11-14/h6-7,10-11,15-16,19,21-23,32H,8-9,12H2,1-5H3/t15-,16-,19+,21-,22+,23-,24+,25+,26+,27+,28+/m0/s1. The van der Waals surface area contributed by atoms with Crippen LogP contribution in [0.5, 0.6) is 0 Å². The summed E-state index contributed by atoms with van der Waals surface area (Å²) in [6, 6.07) is 1.90. The van der Waals surface area contributed by atoms with Gasteiger partial charge in [-0.25, -0.2) is 0 Å². The fourth-order valence-corrected chi connectivity index (χ4v) is 9.63. The first-order valence-corrected chi connectivity index (χ1v) is 13.0. The number of ketones is 1. The van der Waals surface area contributed by atoms with Gasteiger partial charge in [-0.1, -0.05) is 13.8 Å². The highest BCUT2D eigenvalue weighted by Crippen LogP contribution is 2.80. The third-order valence-corrected chi connectivity index (χ3v) is 11.2. The van der Waals surface area contributed by atoms with Crippen LogP contribution >= 0.6 is 0 Å². The number of esters is 2. The third kappa shape index (κ3) is 2.38. The van der Waals surface area contributed by atoms with Gasteiger partial charge in [-0.2, -0.15) is 0 Å². The van der Waals surface area contributed by atoms with E-state index < -0.39 is 57.5 Å². The van der Waals surface area contributed by atoms with Crippen molar-refractivity contribution < 1.29 is 42.9 Å². The average Bonchev–Trinajstić information content (AvgIpc) is 3.10. The summed E-state index contributed by atoms with van der Waals surface area (Å²) < 4.78 is 29.9. The largest absolute Gasteiger partial charge is 0.490 e. The lowest BCUT2D eigenvalue weighted by molar-refractivity contribution is -0.252. The molecule has 3 aliphatic carbocycles. The van der Waals surface area contributed by atoms with Crippen molar-refractivity contribution in [3.63, 3.8) is 0 Å². The van der Waals surface area contributed by atoms with Gasteiger partial charge in [-0.15, -0.1) is 0 Å². The predicted molar refractivity (Wildman–Crippen MR) is 125 cm³/mol. The zero-order valence-electron chi connectivity index (χ0n) is 21.6. The van der Waals surface area contributed by atoms with Crippen LogP contribution in [-0.2, 0) is 33.3 Å². The predicted octanol–water partition coefficient (Wildman–Crippen LogP) is 2.66. The van der Waals surface area contributed by atoms with Gasteiger partial charge in [0, 0.05) is 35.7 Å². The minimum absolute atomic E-state index is 0.0217. The first-order chi connectivity index (χ1) is 17.3. The highest BCUT2D eigenvalue weighted by Gasteiger charge is 2.91. The minimum atomic E-state index is -1.43. The van der Waals surface area contributed by atoms with E-state index in [0.29, 0.717) is 12.2 Å². The highest BCUT2D eigenvalue weighted by molar-refractivity contribution is 5.98. The van der Waals surface area contributed by atoms with Gasteiger partial charge in [-0.3, -0.25) is 14.4 Å². The fraction of sp³-hybridized carbons (Fsp3) is 0.679. The SMILES string of the molecule is CC(=O)O[C@H]1[C@H]2OC3=CC(=O)[C@]4(C)COC(=O)C[C@@H]4[C@@]3(C)[C@@H]2[C@@](C)(O)[C@@]23O[C@@H]2C[C@@H](c2ccoc2)[C@]13C. The molecular formula is C28H32O9. The molecule has 3 saturated heterocycles. The first kappa shape index (κ1) is 23.5. The average molecular weight is 513 g/mol. The van der Waals surface area contributed by atoms with E-state index in [2.05, 4.69) is 0 Å². The van der Waals surface area contributed by atoms with Gasteiger partial charge in [-0.05, 0) is 37.8 Å². The van der Waals surface area contributed by atoms with Gasteiger partial charge in [0.15, 0.2) is 5.78 Å². The Morgan fingerprint density at radius 3 is 2.62 bits per heavy atom. The van der Waals surface area contributed by atoms with Gasteiger partial charge in [0.25, 0.3) is 0 Å². The molecule has 1 spiro atoms. The number of ether oxygens (including phenoxy) is 4. The lowest BCUT2D eigenvalue weighted by Gasteiger charge is -2.60. The second-order valence-corrected chi connectivity index (χ2v) is 12.7. The Hall–Kier alpha value is -2.65. The second-order valence-electron chi connectivity index (χ2n) is 12.7. The van der Waals surface area contributed by atoms with Gasteiger partial charge in [0.1, 0.15) is 35.8 Å². The Morgan fingerprint density at radius 2 is 1.95 bits per heavy atom. The van der Waals surface area contributed by atoms with E-state index >= 15 is 0 Å². The molecule has 0 amide bonds. The number of furan rings is 1. The molecule has 0 aromatic carbocycles. The number of hydrogen-bond acceptors (Lipinski definition) is 9. The molecule has 4 heterocycles. The van der Waals surface area contributed by atoms with E-state index in [9.17, 15) is 19.5 Å². The van der Waals surface area contributed by atoms with Crippen molar-refractivity contribution in [3.8, 4) is 0 Å². The smallest absolute Gasteiger partial charge is 0.306 e. The summed E-state index contributed by atoms with van der Waals surface area (Å²) in [6.07, 6.45) is 3.69. The van der Waals surface area contributed by atoms with E-state index in [1.165, 1.54) is 13.0 Å². The number of allylic oxidation sites excluding steroid dienone is 2. The monoisotopic (exact) mass is 512 g/mol. The molecule has 37 heavy (non-hydrogen) atoms. The minimum Gasteiger partial charge on any atom is -0.490 e. The molecule has 9 heteroatoms. The summed E-state index contributed by atoms with van der Waals surface area (Å²) in [5.41, 5.74) is -4.19. The van der Waals surface area contributed by atoms with Crippen molar-refractivity contribution in [2.45, 2.75) is 82.9 Å². The lowest BCUT2D eigenvalue weighted by Crippen LogP contribution is -2.74. The number of carbonyl (C=O) groups excluding carboxylic acids is 3. The van der Waals surface area contributed by atoms with Crippen molar-refractivity contribution in [3.05, 3.63) is 36.0 Å². The molecule has 1 aromatic heterocycles. The van der Waals surface area contributed by atoms with Crippen molar-refractivity contribution in [1.82, 2.24) is 0 Å². The van der Waals surface area contributed by atoms with Crippen LogP contribution in [0.15, 0.2) is 34.8 Å². The van der Waals surface area contributed by atoms with Crippen LogP contribution in [0.25, 0.3) is 0 Å². The number of hydrogen-bond donors (Lipinski definition) is 1. The molecule has 2 saturated carbocycles. The summed E-state index contributed by atoms with van der Waals surface area (Å²) >= 11 is 0. The number of cyclic esters (lactones) is 1. The van der Waals surface area contributed by atoms with E-state index in [1.807, 2.05) is 26.8 Å². The van der Waals surface area contributed by atoms with E-state index in [4.69, 9.17) is 23.4 Å². The number of carbonyl (C=O) groups is 3. The molecule has 7 rings (SSSR count). The molecule has 0 radical (unpaired) electrons. The van der Waals surface area contributed by atoms with Gasteiger partial charge >= 0.3 is 11.9 Å². The van der Waals surface area contributed by atoms with Crippen molar-refractivity contribution >= 4 is 17.7 Å². The summed E-state index contributed by atoms with van der Waals surface area (Å²) in [7, 11) is 0. The quantitative estimate of drug-likeness (QED) is 0.470. The number of fused-ring (bicyclic) bond motifs is 5. The van der Waals surface area contributed by atoms with Crippen LogP contribution in [0.4, 0.5) is 0 Å². The molecule has 1 N–H and O–H groups in total.